The van der Waals surface area contributed by atoms with Gasteiger partial charge in [-0.1, -0.05) is 43.3 Å². The smallest absolute Gasteiger partial charge is 0.251 e. The lowest BCUT2D eigenvalue weighted by Crippen LogP contribution is -2.38. The molecular weight excluding hydrogens is 410 g/mol. The monoisotopic (exact) mass is 449 g/mol. The van der Waals surface area contributed by atoms with Crippen LogP contribution < -0.4 is 16.0 Å². The highest BCUT2D eigenvalue weighted by Gasteiger charge is 2.16. The molecule has 178 valence electrons. The zero-order valence-corrected chi connectivity index (χ0v) is 20.4. The highest BCUT2D eigenvalue weighted by atomic mass is 16.1. The molecule has 1 heterocycles. The molecule has 0 spiro atoms. The molecular formula is C27H39N5O. The van der Waals surface area contributed by atoms with Gasteiger partial charge >= 0.3 is 0 Å². The highest BCUT2D eigenvalue weighted by Crippen LogP contribution is 2.18. The molecule has 6 heteroatoms. The van der Waals surface area contributed by atoms with Gasteiger partial charge in [0.25, 0.3) is 5.91 Å². The molecule has 3 N–H and O–H groups in total. The van der Waals surface area contributed by atoms with E-state index in [1.165, 1.54) is 37.1 Å². The Morgan fingerprint density at radius 2 is 1.88 bits per heavy atom. The van der Waals surface area contributed by atoms with Crippen LogP contribution in [0.1, 0.15) is 53.7 Å². The van der Waals surface area contributed by atoms with E-state index < -0.39 is 0 Å². The van der Waals surface area contributed by atoms with Crippen molar-refractivity contribution in [3.05, 3.63) is 70.8 Å². The number of guanidine groups is 1. The van der Waals surface area contributed by atoms with E-state index >= 15 is 0 Å². The first kappa shape index (κ1) is 24.8. The van der Waals surface area contributed by atoms with Crippen LogP contribution in [0.3, 0.4) is 0 Å². The summed E-state index contributed by atoms with van der Waals surface area (Å²) in [6, 6.07) is 16.6. The van der Waals surface area contributed by atoms with E-state index in [-0.39, 0.29) is 5.91 Å². The minimum atomic E-state index is -0.0591. The van der Waals surface area contributed by atoms with Crippen LogP contribution in [0.4, 0.5) is 0 Å². The number of benzene rings is 2. The zero-order chi connectivity index (χ0) is 23.5. The molecule has 1 unspecified atom stereocenters. The Labute approximate surface area is 198 Å². The number of rotatable bonds is 9. The van der Waals surface area contributed by atoms with Crippen molar-refractivity contribution in [3.63, 3.8) is 0 Å². The molecule has 1 amide bonds. The molecule has 1 aliphatic heterocycles. The molecule has 1 saturated heterocycles. The van der Waals surface area contributed by atoms with E-state index in [4.69, 9.17) is 4.99 Å². The normalized spacial score (nSPS) is 16.9. The van der Waals surface area contributed by atoms with Crippen molar-refractivity contribution >= 4 is 11.9 Å². The van der Waals surface area contributed by atoms with Crippen molar-refractivity contribution in [2.45, 2.75) is 46.2 Å². The van der Waals surface area contributed by atoms with Crippen LogP contribution in [0.5, 0.6) is 0 Å². The predicted octanol–water partition coefficient (Wildman–Crippen LogP) is 3.58. The van der Waals surface area contributed by atoms with E-state index in [9.17, 15) is 4.79 Å². The number of aliphatic imine (C=N–C) groups is 1. The number of hydrogen-bond donors (Lipinski definition) is 3. The second-order valence-electron chi connectivity index (χ2n) is 8.95. The third-order valence-corrected chi connectivity index (χ3v) is 6.06. The van der Waals surface area contributed by atoms with Gasteiger partial charge in [0.2, 0.25) is 0 Å². The van der Waals surface area contributed by atoms with Crippen molar-refractivity contribution in [1.29, 1.82) is 0 Å². The Kier molecular flexibility index (Phi) is 9.76. The maximum absolute atomic E-state index is 11.8. The number of nitrogens with one attached hydrogen (secondary N) is 3. The fourth-order valence-corrected chi connectivity index (χ4v) is 4.29. The first-order valence-corrected chi connectivity index (χ1v) is 12.2. The number of likely N-dealkylation sites (tertiary alicyclic amines) is 1. The number of amides is 1. The van der Waals surface area contributed by atoms with Crippen LogP contribution in [0.15, 0.2) is 53.5 Å². The van der Waals surface area contributed by atoms with Gasteiger partial charge in [-0.3, -0.25) is 9.69 Å². The Morgan fingerprint density at radius 3 is 2.61 bits per heavy atom. The fourth-order valence-electron chi connectivity index (χ4n) is 4.29. The first-order chi connectivity index (χ1) is 16.1. The average Bonchev–Trinajstić information content (AvgIpc) is 2.83. The second kappa shape index (κ2) is 13.0. The topological polar surface area (TPSA) is 68.8 Å². The molecule has 2 aromatic rings. The van der Waals surface area contributed by atoms with Gasteiger partial charge in [0.05, 0.1) is 6.54 Å². The average molecular weight is 450 g/mol. The molecule has 0 aliphatic carbocycles. The Hall–Kier alpha value is -2.86. The maximum atomic E-state index is 11.8. The van der Waals surface area contributed by atoms with Gasteiger partial charge in [0.1, 0.15) is 0 Å². The lowest BCUT2D eigenvalue weighted by molar-refractivity contribution is 0.0963. The van der Waals surface area contributed by atoms with Gasteiger partial charge in [-0.05, 0) is 67.5 Å². The Balaban J connectivity index is 1.49. The molecule has 1 fully saturated rings. The lowest BCUT2D eigenvalue weighted by Gasteiger charge is -2.30. The minimum Gasteiger partial charge on any atom is -0.357 e. The molecule has 6 nitrogen and oxygen atoms in total. The summed E-state index contributed by atoms with van der Waals surface area (Å²) in [6.07, 6.45) is 3.49. The SMILES string of the molecule is CCNC(=NCc1ccc(CN2CCCC(C)C2)cc1)NCCc1cccc(C(=O)NC)c1. The predicted molar refractivity (Wildman–Crippen MR) is 136 cm³/mol. The molecule has 33 heavy (non-hydrogen) atoms. The number of piperidine rings is 1. The molecule has 0 radical (unpaired) electrons. The summed E-state index contributed by atoms with van der Waals surface area (Å²) in [7, 11) is 1.65. The van der Waals surface area contributed by atoms with E-state index in [2.05, 4.69) is 59.0 Å². The summed E-state index contributed by atoms with van der Waals surface area (Å²) in [4.78, 5) is 19.1. The van der Waals surface area contributed by atoms with Crippen molar-refractivity contribution in [2.75, 3.05) is 33.2 Å². The second-order valence-corrected chi connectivity index (χ2v) is 8.95. The van der Waals surface area contributed by atoms with E-state index in [0.29, 0.717) is 12.1 Å². The summed E-state index contributed by atoms with van der Waals surface area (Å²) in [5.74, 6) is 1.56. The molecule has 1 aliphatic rings. The number of nitrogens with zero attached hydrogens (tertiary/aromatic N) is 2. The Morgan fingerprint density at radius 1 is 1.09 bits per heavy atom. The number of hydrogen-bond acceptors (Lipinski definition) is 3. The van der Waals surface area contributed by atoms with Crippen molar-refractivity contribution in [2.24, 2.45) is 10.9 Å². The minimum absolute atomic E-state index is 0.0591. The van der Waals surface area contributed by atoms with E-state index in [1.54, 1.807) is 7.05 Å². The van der Waals surface area contributed by atoms with Crippen LogP contribution in [-0.4, -0.2) is 50.0 Å². The lowest BCUT2D eigenvalue weighted by atomic mass is 9.99. The highest BCUT2D eigenvalue weighted by molar-refractivity contribution is 5.94. The summed E-state index contributed by atoms with van der Waals surface area (Å²) >= 11 is 0. The third-order valence-electron chi connectivity index (χ3n) is 6.06. The van der Waals surface area contributed by atoms with Gasteiger partial charge in [0.15, 0.2) is 5.96 Å². The number of carbonyl (C=O) groups excluding carboxylic acids is 1. The molecule has 2 aromatic carbocycles. The van der Waals surface area contributed by atoms with Gasteiger partial charge in [-0.2, -0.15) is 0 Å². The summed E-state index contributed by atoms with van der Waals surface area (Å²) in [5, 5.41) is 9.39. The van der Waals surface area contributed by atoms with E-state index in [1.807, 2.05) is 24.3 Å². The van der Waals surface area contributed by atoms with Gasteiger partial charge in [0, 0.05) is 38.8 Å². The molecule has 0 saturated carbocycles. The van der Waals surface area contributed by atoms with Crippen molar-refractivity contribution in [1.82, 2.24) is 20.9 Å². The maximum Gasteiger partial charge on any atom is 0.251 e. The van der Waals surface area contributed by atoms with Crippen LogP contribution in [0.25, 0.3) is 0 Å². The zero-order valence-electron chi connectivity index (χ0n) is 20.4. The van der Waals surface area contributed by atoms with Crippen LogP contribution in [-0.2, 0) is 19.5 Å². The van der Waals surface area contributed by atoms with Crippen LogP contribution in [0.2, 0.25) is 0 Å². The van der Waals surface area contributed by atoms with Gasteiger partial charge in [-0.15, -0.1) is 0 Å². The summed E-state index contributed by atoms with van der Waals surface area (Å²) in [5.41, 5.74) is 4.40. The molecule has 3 rings (SSSR count). The number of carbonyl (C=O) groups is 1. The van der Waals surface area contributed by atoms with Gasteiger partial charge < -0.3 is 16.0 Å². The quantitative estimate of drug-likeness (QED) is 0.404. The van der Waals surface area contributed by atoms with Crippen LogP contribution in [0, 0.1) is 5.92 Å². The summed E-state index contributed by atoms with van der Waals surface area (Å²) < 4.78 is 0. The first-order valence-electron chi connectivity index (χ1n) is 12.2. The van der Waals surface area contributed by atoms with Crippen molar-refractivity contribution < 1.29 is 4.79 Å². The van der Waals surface area contributed by atoms with E-state index in [0.717, 1.165) is 43.5 Å². The van der Waals surface area contributed by atoms with Gasteiger partial charge in [-0.25, -0.2) is 4.99 Å². The standard InChI is InChI=1S/C27H39N5O/c1-4-29-27(30-15-14-22-8-5-9-25(17-22)26(33)28-3)31-18-23-10-12-24(13-11-23)20-32-16-6-7-21(2)19-32/h5,8-13,17,21H,4,6-7,14-16,18-20H2,1-3H3,(H,28,33)(H2,29,30,31). The summed E-state index contributed by atoms with van der Waals surface area (Å²) in [6.45, 7) is 10.1. The fraction of sp³-hybridized carbons (Fsp3) is 0.481. The molecule has 0 aromatic heterocycles. The molecule has 1 atom stereocenters. The third kappa shape index (κ3) is 8.21. The molecule has 0 bridgehead atoms. The van der Waals surface area contributed by atoms with Crippen LogP contribution >= 0.6 is 0 Å². The Bertz CT molecular complexity index is 909. The largest absolute Gasteiger partial charge is 0.357 e. The van der Waals surface area contributed by atoms with Crippen molar-refractivity contribution in [3.8, 4) is 0 Å².